The van der Waals surface area contributed by atoms with E-state index in [1.54, 1.807) is 30.3 Å². The second-order valence-electron chi connectivity index (χ2n) is 8.64. The molecule has 0 radical (unpaired) electrons. The summed E-state index contributed by atoms with van der Waals surface area (Å²) in [6.45, 7) is 1.41. The van der Waals surface area contributed by atoms with Crippen LogP contribution in [0.4, 0.5) is 24.5 Å². The number of carbonyl (C=O) groups excluding carboxylic acids is 2. The molecule has 1 aliphatic rings. The Labute approximate surface area is 205 Å². The van der Waals surface area contributed by atoms with E-state index < -0.39 is 11.9 Å². The van der Waals surface area contributed by atoms with Crippen molar-refractivity contribution in [2.45, 2.75) is 50.9 Å². The predicted octanol–water partition coefficient (Wildman–Crippen LogP) is 6.02. The van der Waals surface area contributed by atoms with E-state index in [2.05, 4.69) is 20.9 Å². The SMILES string of the molecule is CC(=O)Nc1ccc(C(=O)NC2CCC(Nc3cc(C(F)(F)F)nc4ccc(Cl)cc34)CC2)cc1. The summed E-state index contributed by atoms with van der Waals surface area (Å²) in [5.74, 6) is -0.398. The zero-order valence-corrected chi connectivity index (χ0v) is 19.6. The van der Waals surface area contributed by atoms with Gasteiger partial charge in [0.2, 0.25) is 5.91 Å². The van der Waals surface area contributed by atoms with Gasteiger partial charge in [0.25, 0.3) is 5.91 Å². The lowest BCUT2D eigenvalue weighted by atomic mass is 9.90. The Morgan fingerprint density at radius 2 is 1.63 bits per heavy atom. The molecular formula is C25H24ClF3N4O2. The number of hydrogen-bond donors (Lipinski definition) is 3. The Morgan fingerprint density at radius 1 is 0.971 bits per heavy atom. The fraction of sp³-hybridized carbons (Fsp3) is 0.320. The van der Waals surface area contributed by atoms with Gasteiger partial charge < -0.3 is 16.0 Å². The summed E-state index contributed by atoms with van der Waals surface area (Å²) in [6.07, 6.45) is -1.84. The first kappa shape index (κ1) is 24.8. The first-order chi connectivity index (χ1) is 16.6. The first-order valence-corrected chi connectivity index (χ1v) is 11.6. The third-order valence-corrected chi connectivity index (χ3v) is 6.19. The second-order valence-corrected chi connectivity index (χ2v) is 9.08. The molecule has 1 aromatic heterocycles. The van der Waals surface area contributed by atoms with E-state index in [1.807, 2.05) is 0 Å². The van der Waals surface area contributed by atoms with Crippen LogP contribution >= 0.6 is 11.6 Å². The van der Waals surface area contributed by atoms with Crippen molar-refractivity contribution >= 4 is 45.7 Å². The maximum absolute atomic E-state index is 13.4. The van der Waals surface area contributed by atoms with Crippen LogP contribution in [0.3, 0.4) is 0 Å². The van der Waals surface area contributed by atoms with Crippen LogP contribution in [0.25, 0.3) is 10.9 Å². The van der Waals surface area contributed by atoms with E-state index in [1.165, 1.54) is 19.1 Å². The summed E-state index contributed by atoms with van der Waals surface area (Å²) in [5, 5.41) is 9.86. The van der Waals surface area contributed by atoms with Gasteiger partial charge in [-0.05, 0) is 74.2 Å². The fourth-order valence-electron chi connectivity index (χ4n) is 4.24. The van der Waals surface area contributed by atoms with Gasteiger partial charge in [-0.1, -0.05) is 11.6 Å². The molecule has 35 heavy (non-hydrogen) atoms. The number of fused-ring (bicyclic) bond motifs is 1. The summed E-state index contributed by atoms with van der Waals surface area (Å²) in [7, 11) is 0. The second kappa shape index (κ2) is 10.1. The van der Waals surface area contributed by atoms with Crippen LogP contribution in [0.1, 0.15) is 48.7 Å². The molecule has 10 heteroatoms. The molecule has 1 fully saturated rings. The maximum Gasteiger partial charge on any atom is 0.433 e. The Bertz CT molecular complexity index is 1240. The number of aromatic nitrogens is 1. The lowest BCUT2D eigenvalue weighted by molar-refractivity contribution is -0.140. The highest BCUT2D eigenvalue weighted by molar-refractivity contribution is 6.31. The highest BCUT2D eigenvalue weighted by atomic mass is 35.5. The van der Waals surface area contributed by atoms with Crippen LogP contribution in [0.15, 0.2) is 48.5 Å². The standard InChI is InChI=1S/C25H24ClF3N4O2/c1-14(34)30-17-5-2-15(3-6-17)24(35)32-19-9-7-18(8-10-19)31-22-13-23(25(27,28)29)33-21-11-4-16(26)12-20(21)22/h2-6,11-13,18-19H,7-10H2,1H3,(H,30,34)(H,31,33)(H,32,35). The number of hydrogen-bond acceptors (Lipinski definition) is 4. The molecule has 0 atom stereocenters. The quantitative estimate of drug-likeness (QED) is 0.397. The van der Waals surface area contributed by atoms with Gasteiger partial charge in [0, 0.05) is 46.4 Å². The minimum atomic E-state index is -4.56. The molecule has 3 N–H and O–H groups in total. The van der Waals surface area contributed by atoms with Crippen LogP contribution in [0, 0.1) is 0 Å². The van der Waals surface area contributed by atoms with Crippen LogP contribution in [-0.4, -0.2) is 28.9 Å². The van der Waals surface area contributed by atoms with E-state index in [0.717, 1.165) is 6.07 Å². The van der Waals surface area contributed by atoms with Crippen molar-refractivity contribution in [3.05, 3.63) is 64.8 Å². The van der Waals surface area contributed by atoms with Gasteiger partial charge in [0.05, 0.1) is 5.52 Å². The number of nitrogens with zero attached hydrogens (tertiary/aromatic N) is 1. The van der Waals surface area contributed by atoms with Gasteiger partial charge in [-0.25, -0.2) is 4.98 Å². The molecule has 4 rings (SSSR count). The third-order valence-electron chi connectivity index (χ3n) is 5.95. The number of nitrogens with one attached hydrogen (secondary N) is 3. The molecule has 0 spiro atoms. The molecule has 0 bridgehead atoms. The maximum atomic E-state index is 13.4. The molecule has 0 unspecified atom stereocenters. The number of halogens is 4. The summed E-state index contributed by atoms with van der Waals surface area (Å²) >= 11 is 6.08. The van der Waals surface area contributed by atoms with Crippen molar-refractivity contribution in [3.8, 4) is 0 Å². The molecule has 0 saturated heterocycles. The van der Waals surface area contributed by atoms with E-state index >= 15 is 0 Å². The number of amides is 2. The fourth-order valence-corrected chi connectivity index (χ4v) is 4.41. The number of alkyl halides is 3. The summed E-state index contributed by atoms with van der Waals surface area (Å²) < 4.78 is 40.1. The van der Waals surface area contributed by atoms with Crippen molar-refractivity contribution in [1.82, 2.24) is 10.3 Å². The Morgan fingerprint density at radius 3 is 2.26 bits per heavy atom. The minimum absolute atomic E-state index is 0.0371. The summed E-state index contributed by atoms with van der Waals surface area (Å²) in [6, 6.07) is 12.2. The van der Waals surface area contributed by atoms with Crippen LogP contribution < -0.4 is 16.0 Å². The highest BCUT2D eigenvalue weighted by Gasteiger charge is 2.34. The minimum Gasteiger partial charge on any atom is -0.382 e. The van der Waals surface area contributed by atoms with E-state index in [4.69, 9.17) is 11.6 Å². The normalized spacial score (nSPS) is 18.2. The number of rotatable bonds is 5. The number of pyridine rings is 1. The van der Waals surface area contributed by atoms with Gasteiger partial charge in [0.15, 0.2) is 0 Å². The highest BCUT2D eigenvalue weighted by Crippen LogP contribution is 2.35. The molecule has 2 amide bonds. The summed E-state index contributed by atoms with van der Waals surface area (Å²) in [5.41, 5.74) is 0.701. The van der Waals surface area contributed by atoms with Crippen molar-refractivity contribution in [2.75, 3.05) is 10.6 Å². The van der Waals surface area contributed by atoms with E-state index in [-0.39, 0.29) is 29.4 Å². The largest absolute Gasteiger partial charge is 0.433 e. The van der Waals surface area contributed by atoms with Crippen LogP contribution in [-0.2, 0) is 11.0 Å². The average Bonchev–Trinajstić information content (AvgIpc) is 2.80. The lowest BCUT2D eigenvalue weighted by Crippen LogP contribution is -2.40. The van der Waals surface area contributed by atoms with Crippen molar-refractivity contribution < 1.29 is 22.8 Å². The lowest BCUT2D eigenvalue weighted by Gasteiger charge is -2.30. The monoisotopic (exact) mass is 504 g/mol. The molecule has 1 heterocycles. The van der Waals surface area contributed by atoms with Crippen LogP contribution in [0.5, 0.6) is 0 Å². The smallest absolute Gasteiger partial charge is 0.382 e. The molecule has 1 aliphatic carbocycles. The molecule has 3 aromatic rings. The van der Waals surface area contributed by atoms with Gasteiger partial charge in [-0.2, -0.15) is 13.2 Å². The Hall–Kier alpha value is -3.33. The molecule has 6 nitrogen and oxygen atoms in total. The molecular weight excluding hydrogens is 481 g/mol. The Kier molecular flexibility index (Phi) is 7.16. The van der Waals surface area contributed by atoms with Gasteiger partial charge in [-0.3, -0.25) is 9.59 Å². The predicted molar refractivity (Wildman–Crippen MR) is 130 cm³/mol. The molecule has 2 aromatic carbocycles. The zero-order valence-electron chi connectivity index (χ0n) is 18.9. The number of benzene rings is 2. The van der Waals surface area contributed by atoms with Crippen molar-refractivity contribution in [2.24, 2.45) is 0 Å². The summed E-state index contributed by atoms with van der Waals surface area (Å²) in [4.78, 5) is 27.5. The zero-order chi connectivity index (χ0) is 25.2. The first-order valence-electron chi connectivity index (χ1n) is 11.2. The molecule has 1 saturated carbocycles. The van der Waals surface area contributed by atoms with Gasteiger partial charge in [-0.15, -0.1) is 0 Å². The third kappa shape index (κ3) is 6.22. The molecule has 184 valence electrons. The van der Waals surface area contributed by atoms with Crippen LogP contribution in [0.2, 0.25) is 5.02 Å². The van der Waals surface area contributed by atoms with Crippen molar-refractivity contribution in [1.29, 1.82) is 0 Å². The Balaban J connectivity index is 1.39. The topological polar surface area (TPSA) is 83.1 Å². The van der Waals surface area contributed by atoms with Crippen molar-refractivity contribution in [3.63, 3.8) is 0 Å². The molecule has 0 aliphatic heterocycles. The van der Waals surface area contributed by atoms with E-state index in [0.29, 0.717) is 53.0 Å². The number of anilines is 2. The average molecular weight is 505 g/mol. The number of carbonyl (C=O) groups is 2. The van der Waals surface area contributed by atoms with E-state index in [9.17, 15) is 22.8 Å². The van der Waals surface area contributed by atoms with Gasteiger partial charge >= 0.3 is 6.18 Å². The van der Waals surface area contributed by atoms with Gasteiger partial charge in [0.1, 0.15) is 5.69 Å².